The van der Waals surface area contributed by atoms with Gasteiger partial charge in [-0.15, -0.1) is 0 Å². The SMILES string of the molecule is Cc1ccc(NC(=O)C[S@](=O)CC(=O)N(CC(=O)NC2CCCCC2)c2ccc(F)c(Cl)c2)cc1. The van der Waals surface area contributed by atoms with Crippen LogP contribution in [0.4, 0.5) is 15.8 Å². The van der Waals surface area contributed by atoms with Crippen molar-refractivity contribution in [3.05, 3.63) is 58.9 Å². The minimum atomic E-state index is -1.83. The quantitative estimate of drug-likeness (QED) is 0.522. The molecule has 188 valence electrons. The number of carbonyl (C=O) groups is 3. The first kappa shape index (κ1) is 26.8. The van der Waals surface area contributed by atoms with Crippen molar-refractivity contribution in [3.63, 3.8) is 0 Å². The van der Waals surface area contributed by atoms with Crippen LogP contribution in [-0.2, 0) is 25.2 Å². The number of benzene rings is 2. The van der Waals surface area contributed by atoms with E-state index < -0.39 is 34.2 Å². The van der Waals surface area contributed by atoms with Crippen molar-refractivity contribution in [3.8, 4) is 0 Å². The molecule has 7 nitrogen and oxygen atoms in total. The largest absolute Gasteiger partial charge is 0.352 e. The highest BCUT2D eigenvalue weighted by Gasteiger charge is 2.24. The molecular weight excluding hydrogens is 493 g/mol. The van der Waals surface area contributed by atoms with E-state index in [0.29, 0.717) is 5.69 Å². The first-order valence-electron chi connectivity index (χ1n) is 11.5. The molecule has 3 amide bonds. The van der Waals surface area contributed by atoms with Gasteiger partial charge in [0, 0.05) is 28.2 Å². The molecule has 10 heteroatoms. The van der Waals surface area contributed by atoms with Crippen LogP contribution in [0.5, 0.6) is 0 Å². The highest BCUT2D eigenvalue weighted by molar-refractivity contribution is 7.86. The summed E-state index contributed by atoms with van der Waals surface area (Å²) in [6.45, 7) is 1.59. The Morgan fingerprint density at radius 1 is 1.03 bits per heavy atom. The Bertz CT molecular complexity index is 1090. The molecule has 2 aromatic rings. The van der Waals surface area contributed by atoms with Crippen LogP contribution >= 0.6 is 11.6 Å². The smallest absolute Gasteiger partial charge is 0.240 e. The number of hydrogen-bond acceptors (Lipinski definition) is 4. The molecule has 3 rings (SSSR count). The number of rotatable bonds is 9. The molecule has 1 aliphatic rings. The molecule has 35 heavy (non-hydrogen) atoms. The van der Waals surface area contributed by atoms with Crippen molar-refractivity contribution < 1.29 is 23.0 Å². The van der Waals surface area contributed by atoms with Crippen molar-refractivity contribution in [2.45, 2.75) is 45.1 Å². The van der Waals surface area contributed by atoms with Crippen LogP contribution in [0.25, 0.3) is 0 Å². The second kappa shape index (κ2) is 12.8. The zero-order chi connectivity index (χ0) is 25.4. The number of nitrogens with zero attached hydrogens (tertiary/aromatic N) is 1. The van der Waals surface area contributed by atoms with E-state index in [9.17, 15) is 23.0 Å². The fraction of sp³-hybridized carbons (Fsp3) is 0.400. The molecule has 0 unspecified atom stereocenters. The van der Waals surface area contributed by atoms with E-state index >= 15 is 0 Å². The van der Waals surface area contributed by atoms with Crippen molar-refractivity contribution in [2.75, 3.05) is 28.3 Å². The van der Waals surface area contributed by atoms with Gasteiger partial charge >= 0.3 is 0 Å². The predicted molar refractivity (Wildman–Crippen MR) is 136 cm³/mol. The molecule has 1 fully saturated rings. The summed E-state index contributed by atoms with van der Waals surface area (Å²) in [5.74, 6) is -3.02. The van der Waals surface area contributed by atoms with E-state index in [1.807, 2.05) is 19.1 Å². The summed E-state index contributed by atoms with van der Waals surface area (Å²) in [6, 6.07) is 10.8. The topological polar surface area (TPSA) is 95.6 Å². The summed E-state index contributed by atoms with van der Waals surface area (Å²) in [6.07, 6.45) is 4.95. The maximum Gasteiger partial charge on any atom is 0.240 e. The van der Waals surface area contributed by atoms with E-state index in [-0.39, 0.29) is 35.0 Å². The van der Waals surface area contributed by atoms with Gasteiger partial charge in [0.05, 0.1) is 5.02 Å². The maximum absolute atomic E-state index is 13.7. The molecule has 0 aromatic heterocycles. The van der Waals surface area contributed by atoms with Crippen molar-refractivity contribution in [1.82, 2.24) is 5.32 Å². The standard InChI is InChI=1S/C25H29ClFN3O4S/c1-17-7-9-19(10-8-17)29-24(32)15-35(34)16-25(33)30(20-11-12-22(27)21(26)13-20)14-23(31)28-18-5-3-2-4-6-18/h7-13,18H,2-6,14-16H2,1H3,(H,28,31)(H,29,32)/t35-/m0/s1. The van der Waals surface area contributed by atoms with Gasteiger partial charge in [-0.3, -0.25) is 18.6 Å². The summed E-state index contributed by atoms with van der Waals surface area (Å²) >= 11 is 5.89. The Labute approximate surface area is 211 Å². The lowest BCUT2D eigenvalue weighted by Gasteiger charge is -2.26. The third-order valence-electron chi connectivity index (χ3n) is 5.70. The molecule has 0 bridgehead atoms. The molecule has 0 aliphatic heterocycles. The summed E-state index contributed by atoms with van der Waals surface area (Å²) in [7, 11) is -1.83. The lowest BCUT2D eigenvalue weighted by molar-refractivity contribution is -0.123. The Morgan fingerprint density at radius 2 is 1.71 bits per heavy atom. The molecule has 0 heterocycles. The molecule has 1 aliphatic carbocycles. The van der Waals surface area contributed by atoms with Crippen molar-refractivity contribution in [1.29, 1.82) is 0 Å². The molecule has 0 saturated heterocycles. The van der Waals surface area contributed by atoms with E-state index in [4.69, 9.17) is 11.6 Å². The normalized spacial score (nSPS) is 14.7. The number of halogens is 2. The minimum Gasteiger partial charge on any atom is -0.352 e. The summed E-state index contributed by atoms with van der Waals surface area (Å²) < 4.78 is 26.3. The van der Waals surface area contributed by atoms with Gasteiger partial charge < -0.3 is 15.5 Å². The van der Waals surface area contributed by atoms with Crippen LogP contribution in [0.3, 0.4) is 0 Å². The third kappa shape index (κ3) is 8.43. The molecule has 2 aromatic carbocycles. The van der Waals surface area contributed by atoms with Crippen LogP contribution in [0.2, 0.25) is 5.02 Å². The average molecular weight is 522 g/mol. The van der Waals surface area contributed by atoms with Crippen molar-refractivity contribution in [2.24, 2.45) is 0 Å². The Hall–Kier alpha value is -2.78. The molecule has 2 N–H and O–H groups in total. The zero-order valence-corrected chi connectivity index (χ0v) is 21.1. The van der Waals surface area contributed by atoms with Crippen LogP contribution < -0.4 is 15.5 Å². The lowest BCUT2D eigenvalue weighted by Crippen LogP contribution is -2.46. The Balaban J connectivity index is 1.64. The molecule has 1 saturated carbocycles. The second-order valence-corrected chi connectivity index (χ2v) is 10.5. The fourth-order valence-electron chi connectivity index (χ4n) is 3.89. The first-order valence-corrected chi connectivity index (χ1v) is 13.3. The van der Waals surface area contributed by atoms with Gasteiger partial charge in [0.2, 0.25) is 17.7 Å². The van der Waals surface area contributed by atoms with E-state index in [2.05, 4.69) is 10.6 Å². The fourth-order valence-corrected chi connectivity index (χ4v) is 4.96. The minimum absolute atomic E-state index is 0.0459. The van der Waals surface area contributed by atoms with E-state index in [1.165, 1.54) is 12.1 Å². The number of nitrogens with one attached hydrogen (secondary N) is 2. The zero-order valence-electron chi connectivity index (χ0n) is 19.5. The van der Waals surface area contributed by atoms with Gasteiger partial charge in [-0.05, 0) is 50.1 Å². The Morgan fingerprint density at radius 3 is 2.37 bits per heavy atom. The summed E-state index contributed by atoms with van der Waals surface area (Å²) in [5, 5.41) is 5.38. The predicted octanol–water partition coefficient (Wildman–Crippen LogP) is 3.96. The molecule has 1 atom stereocenters. The number of hydrogen-bond donors (Lipinski definition) is 2. The highest BCUT2D eigenvalue weighted by Crippen LogP contribution is 2.23. The van der Waals surface area contributed by atoms with E-state index in [1.54, 1.807) is 12.1 Å². The number of carbonyl (C=O) groups excluding carboxylic acids is 3. The number of amides is 3. The van der Waals surface area contributed by atoms with Crippen molar-refractivity contribution >= 4 is 51.5 Å². The monoisotopic (exact) mass is 521 g/mol. The number of aryl methyl sites for hydroxylation is 1. The summed E-state index contributed by atoms with van der Waals surface area (Å²) in [4.78, 5) is 39.1. The van der Waals surface area contributed by atoms with Crippen LogP contribution in [0.1, 0.15) is 37.7 Å². The lowest BCUT2D eigenvalue weighted by atomic mass is 9.95. The van der Waals surface area contributed by atoms with Gasteiger partial charge in [-0.2, -0.15) is 0 Å². The average Bonchev–Trinajstić information content (AvgIpc) is 2.81. The first-order chi connectivity index (χ1) is 16.7. The Kier molecular flexibility index (Phi) is 9.80. The number of anilines is 2. The third-order valence-corrected chi connectivity index (χ3v) is 7.14. The summed E-state index contributed by atoms with van der Waals surface area (Å²) in [5.41, 5.74) is 1.80. The molecule has 0 spiro atoms. The van der Waals surface area contributed by atoms with Gasteiger partial charge in [0.1, 0.15) is 23.9 Å². The maximum atomic E-state index is 13.7. The van der Waals surface area contributed by atoms with Crippen LogP contribution in [0.15, 0.2) is 42.5 Å². The van der Waals surface area contributed by atoms with Gasteiger partial charge in [-0.1, -0.05) is 48.6 Å². The highest BCUT2D eigenvalue weighted by atomic mass is 35.5. The molecular formula is C25H29ClFN3O4S. The van der Waals surface area contributed by atoms with Crippen LogP contribution in [0, 0.1) is 12.7 Å². The van der Waals surface area contributed by atoms with Crippen LogP contribution in [-0.4, -0.2) is 46.0 Å². The van der Waals surface area contributed by atoms with Gasteiger partial charge in [-0.25, -0.2) is 4.39 Å². The molecule has 0 radical (unpaired) electrons. The van der Waals surface area contributed by atoms with Gasteiger partial charge in [0.15, 0.2) is 0 Å². The van der Waals surface area contributed by atoms with Gasteiger partial charge in [0.25, 0.3) is 0 Å². The second-order valence-electron chi connectivity index (χ2n) is 8.62. The van der Waals surface area contributed by atoms with E-state index in [0.717, 1.165) is 48.6 Å².